The zero-order valence-corrected chi connectivity index (χ0v) is 17.5. The number of anilines is 1. The minimum atomic E-state index is -0.378. The quantitative estimate of drug-likeness (QED) is 0.336. The van der Waals surface area contributed by atoms with Gasteiger partial charge in [-0.15, -0.1) is 11.3 Å². The molecule has 1 atom stereocenters. The number of carbonyl (C=O) groups is 1. The number of ether oxygens (including phenoxy) is 2. The Kier molecular flexibility index (Phi) is 6.30. The molecule has 4 aromatic rings. The Morgan fingerprint density at radius 1 is 0.933 bits per heavy atom. The molecule has 1 amide bonds. The van der Waals surface area contributed by atoms with E-state index in [1.165, 1.54) is 4.90 Å². The van der Waals surface area contributed by atoms with Gasteiger partial charge in [0.15, 0.2) is 0 Å². The molecule has 1 unspecified atom stereocenters. The third kappa shape index (κ3) is 4.63. The van der Waals surface area contributed by atoms with E-state index in [9.17, 15) is 4.79 Å². The van der Waals surface area contributed by atoms with E-state index in [0.29, 0.717) is 6.42 Å². The largest absolute Gasteiger partial charge is 0.484 e. The second-order valence-corrected chi connectivity index (χ2v) is 7.88. The van der Waals surface area contributed by atoms with Crippen molar-refractivity contribution in [2.75, 3.05) is 18.6 Å². The highest BCUT2D eigenvalue weighted by Gasteiger charge is 2.18. The van der Waals surface area contributed by atoms with Gasteiger partial charge in [0.1, 0.15) is 11.9 Å². The van der Waals surface area contributed by atoms with Gasteiger partial charge in [-0.25, -0.2) is 4.79 Å². The molecule has 0 aliphatic rings. The van der Waals surface area contributed by atoms with Crippen LogP contribution >= 0.6 is 11.3 Å². The van der Waals surface area contributed by atoms with Crippen LogP contribution in [-0.4, -0.2) is 19.7 Å². The number of hydrogen-bond acceptors (Lipinski definition) is 4. The number of hydrogen-bond donors (Lipinski definition) is 0. The summed E-state index contributed by atoms with van der Waals surface area (Å²) in [4.78, 5) is 15.0. The summed E-state index contributed by atoms with van der Waals surface area (Å²) in [5, 5.41) is 4.24. The lowest BCUT2D eigenvalue weighted by atomic mass is 10.1. The monoisotopic (exact) mass is 417 g/mol. The van der Waals surface area contributed by atoms with E-state index in [1.807, 2.05) is 66.0 Å². The molecular formula is C25H23NO3S. The minimum absolute atomic E-state index is 0.189. The number of nitrogens with zero attached hydrogens (tertiary/aromatic N) is 1. The van der Waals surface area contributed by atoms with Crippen LogP contribution in [0.15, 0.2) is 90.3 Å². The average Bonchev–Trinajstić information content (AvgIpc) is 3.33. The molecule has 0 radical (unpaired) electrons. The lowest BCUT2D eigenvalue weighted by molar-refractivity contribution is 0.123. The number of thiophene rings is 1. The van der Waals surface area contributed by atoms with Crippen LogP contribution < -0.4 is 9.64 Å². The normalized spacial score (nSPS) is 11.8. The van der Waals surface area contributed by atoms with Crippen LogP contribution in [0.4, 0.5) is 10.5 Å². The molecule has 5 heteroatoms. The Labute approximate surface area is 180 Å². The van der Waals surface area contributed by atoms with Crippen LogP contribution in [0.25, 0.3) is 10.8 Å². The van der Waals surface area contributed by atoms with Crippen molar-refractivity contribution in [2.45, 2.75) is 12.5 Å². The van der Waals surface area contributed by atoms with Crippen LogP contribution in [-0.2, 0) is 4.74 Å². The molecule has 152 valence electrons. The topological polar surface area (TPSA) is 38.8 Å². The standard InChI is InChI=1S/C25H23NO3S/c1-26(20-11-3-2-4-12-20)25(27)28-17-16-23(24-15-8-18-30-24)29-22-14-7-10-19-9-5-6-13-21(19)22/h2-15,18,23H,16-17H2,1H3. The van der Waals surface area contributed by atoms with Crippen molar-refractivity contribution in [1.82, 2.24) is 0 Å². The number of carbonyl (C=O) groups excluding carboxylic acids is 1. The molecule has 0 aliphatic carbocycles. The van der Waals surface area contributed by atoms with E-state index >= 15 is 0 Å². The summed E-state index contributed by atoms with van der Waals surface area (Å²) >= 11 is 1.64. The van der Waals surface area contributed by atoms with Crippen LogP contribution in [0.2, 0.25) is 0 Å². The molecule has 3 aromatic carbocycles. The number of fused-ring (bicyclic) bond motifs is 1. The van der Waals surface area contributed by atoms with E-state index in [-0.39, 0.29) is 18.8 Å². The third-order valence-corrected chi connectivity index (χ3v) is 5.87. The van der Waals surface area contributed by atoms with E-state index in [0.717, 1.165) is 27.1 Å². The maximum absolute atomic E-state index is 12.4. The summed E-state index contributed by atoms with van der Waals surface area (Å²) in [7, 11) is 1.71. The Morgan fingerprint density at radius 3 is 2.50 bits per heavy atom. The molecule has 1 heterocycles. The zero-order chi connectivity index (χ0) is 20.8. The van der Waals surface area contributed by atoms with Gasteiger partial charge < -0.3 is 9.47 Å². The summed E-state index contributed by atoms with van der Waals surface area (Å²) in [6.07, 6.45) is -0.0000955. The van der Waals surface area contributed by atoms with Gasteiger partial charge in [0, 0.05) is 29.4 Å². The first-order chi connectivity index (χ1) is 14.7. The Balaban J connectivity index is 1.44. The molecule has 0 N–H and O–H groups in total. The summed E-state index contributed by atoms with van der Waals surface area (Å²) in [5.74, 6) is 0.833. The Bertz CT molecular complexity index is 1090. The second kappa shape index (κ2) is 9.46. The molecule has 0 aliphatic heterocycles. The third-order valence-electron chi connectivity index (χ3n) is 4.90. The van der Waals surface area contributed by atoms with Crippen molar-refractivity contribution in [3.8, 4) is 5.75 Å². The van der Waals surface area contributed by atoms with Crippen molar-refractivity contribution in [1.29, 1.82) is 0 Å². The molecule has 0 saturated carbocycles. The summed E-state index contributed by atoms with van der Waals surface area (Å²) in [6.45, 7) is 0.267. The average molecular weight is 418 g/mol. The fourth-order valence-corrected chi connectivity index (χ4v) is 4.08. The van der Waals surface area contributed by atoms with Crippen LogP contribution in [0.3, 0.4) is 0 Å². The van der Waals surface area contributed by atoms with Gasteiger partial charge in [-0.3, -0.25) is 4.90 Å². The lowest BCUT2D eigenvalue weighted by Crippen LogP contribution is -2.27. The maximum atomic E-state index is 12.4. The SMILES string of the molecule is CN(C(=O)OCCC(Oc1cccc2ccccc12)c1cccs1)c1ccccc1. The number of rotatable bonds is 7. The van der Waals surface area contributed by atoms with E-state index in [4.69, 9.17) is 9.47 Å². The number of para-hydroxylation sites is 1. The first-order valence-corrected chi connectivity index (χ1v) is 10.7. The Morgan fingerprint density at radius 2 is 1.70 bits per heavy atom. The summed E-state index contributed by atoms with van der Waals surface area (Å²) in [5.41, 5.74) is 0.796. The highest BCUT2D eigenvalue weighted by Crippen LogP contribution is 2.32. The van der Waals surface area contributed by atoms with Gasteiger partial charge in [0.05, 0.1) is 6.61 Å². The molecule has 0 spiro atoms. The predicted molar refractivity (Wildman–Crippen MR) is 122 cm³/mol. The molecule has 0 bridgehead atoms. The number of amides is 1. The van der Waals surface area contributed by atoms with Crippen LogP contribution in [0, 0.1) is 0 Å². The molecule has 4 rings (SSSR count). The van der Waals surface area contributed by atoms with Gasteiger partial charge in [-0.1, -0.05) is 60.7 Å². The van der Waals surface area contributed by atoms with Crippen LogP contribution in [0.5, 0.6) is 5.75 Å². The molecule has 4 nitrogen and oxygen atoms in total. The van der Waals surface area contributed by atoms with Gasteiger partial charge in [0.25, 0.3) is 0 Å². The maximum Gasteiger partial charge on any atom is 0.414 e. The molecule has 1 aromatic heterocycles. The van der Waals surface area contributed by atoms with E-state index < -0.39 is 0 Å². The van der Waals surface area contributed by atoms with E-state index in [1.54, 1.807) is 18.4 Å². The summed E-state index contributed by atoms with van der Waals surface area (Å²) in [6, 6.07) is 27.7. The van der Waals surface area contributed by atoms with Gasteiger partial charge in [-0.05, 0) is 35.0 Å². The molecule has 30 heavy (non-hydrogen) atoms. The van der Waals surface area contributed by atoms with Gasteiger partial charge >= 0.3 is 6.09 Å². The highest BCUT2D eigenvalue weighted by molar-refractivity contribution is 7.10. The van der Waals surface area contributed by atoms with Crippen molar-refractivity contribution in [3.63, 3.8) is 0 Å². The van der Waals surface area contributed by atoms with Crippen molar-refractivity contribution >= 4 is 33.9 Å². The molecule has 0 saturated heterocycles. The van der Waals surface area contributed by atoms with Gasteiger partial charge in [0.2, 0.25) is 0 Å². The molecular weight excluding hydrogens is 394 g/mol. The van der Waals surface area contributed by atoms with Crippen molar-refractivity contribution in [3.05, 3.63) is 95.2 Å². The van der Waals surface area contributed by atoms with Crippen LogP contribution in [0.1, 0.15) is 17.4 Å². The van der Waals surface area contributed by atoms with E-state index in [2.05, 4.69) is 24.3 Å². The lowest BCUT2D eigenvalue weighted by Gasteiger charge is -2.21. The number of benzene rings is 3. The Hall–Kier alpha value is -3.31. The predicted octanol–water partition coefficient (Wildman–Crippen LogP) is 6.68. The smallest absolute Gasteiger partial charge is 0.414 e. The second-order valence-electron chi connectivity index (χ2n) is 6.90. The highest BCUT2D eigenvalue weighted by atomic mass is 32.1. The van der Waals surface area contributed by atoms with Crippen molar-refractivity contribution in [2.24, 2.45) is 0 Å². The fourth-order valence-electron chi connectivity index (χ4n) is 3.29. The fraction of sp³-hybridized carbons (Fsp3) is 0.160. The minimum Gasteiger partial charge on any atom is -0.484 e. The van der Waals surface area contributed by atoms with Gasteiger partial charge in [-0.2, -0.15) is 0 Å². The molecule has 0 fully saturated rings. The first kappa shape index (κ1) is 20.0. The summed E-state index contributed by atoms with van der Waals surface area (Å²) < 4.78 is 11.9. The zero-order valence-electron chi connectivity index (χ0n) is 16.7. The first-order valence-electron chi connectivity index (χ1n) is 9.86. The van der Waals surface area contributed by atoms with Crippen molar-refractivity contribution < 1.29 is 14.3 Å².